The third-order valence-electron chi connectivity index (χ3n) is 2.34. The third-order valence-corrected chi connectivity index (χ3v) is 2.34. The molecule has 0 saturated heterocycles. The van der Waals surface area contributed by atoms with Gasteiger partial charge < -0.3 is 0 Å². The molecule has 0 bridgehead atoms. The van der Waals surface area contributed by atoms with Crippen molar-refractivity contribution in [3.05, 3.63) is 48.0 Å². The molecule has 0 nitrogen and oxygen atoms in total. The summed E-state index contributed by atoms with van der Waals surface area (Å²) in [6.45, 7) is 8.19. The smallest absolute Gasteiger partial charge is 0.0158 e. The standard InChI is InChI=1S/C14H18/c1-4-6-9-12(3)14-11-8-7-10-13(14)5-2/h5,7-11H,2,4,6H2,1,3H3/b12-9-. The van der Waals surface area contributed by atoms with Crippen LogP contribution >= 0.6 is 0 Å². The van der Waals surface area contributed by atoms with E-state index in [0.717, 1.165) is 6.42 Å². The Kier molecular flexibility index (Phi) is 4.18. The van der Waals surface area contributed by atoms with Crippen molar-refractivity contribution >= 4 is 11.6 Å². The van der Waals surface area contributed by atoms with Gasteiger partial charge in [-0.25, -0.2) is 0 Å². The molecule has 0 heteroatoms. The molecule has 0 radical (unpaired) electrons. The van der Waals surface area contributed by atoms with Crippen molar-refractivity contribution in [3.63, 3.8) is 0 Å². The number of hydrogen-bond donors (Lipinski definition) is 0. The summed E-state index contributed by atoms with van der Waals surface area (Å²) in [7, 11) is 0. The normalized spacial score (nSPS) is 11.4. The second-order valence-corrected chi connectivity index (χ2v) is 3.47. The van der Waals surface area contributed by atoms with Gasteiger partial charge in [0.05, 0.1) is 0 Å². The van der Waals surface area contributed by atoms with Gasteiger partial charge in [-0.1, -0.05) is 56.3 Å². The van der Waals surface area contributed by atoms with Gasteiger partial charge in [-0.15, -0.1) is 0 Å². The first kappa shape index (κ1) is 10.8. The van der Waals surface area contributed by atoms with Crippen LogP contribution in [0.1, 0.15) is 37.8 Å². The molecule has 0 aliphatic rings. The maximum Gasteiger partial charge on any atom is -0.0158 e. The molecule has 0 atom stereocenters. The molecule has 0 saturated carbocycles. The van der Waals surface area contributed by atoms with Gasteiger partial charge in [0.2, 0.25) is 0 Å². The molecule has 0 N–H and O–H groups in total. The SMILES string of the molecule is C=Cc1ccccc1/C(C)=C\CCC. The Morgan fingerprint density at radius 2 is 2.07 bits per heavy atom. The van der Waals surface area contributed by atoms with Crippen molar-refractivity contribution in [2.75, 3.05) is 0 Å². The lowest BCUT2D eigenvalue weighted by molar-refractivity contribution is 0.959. The van der Waals surface area contributed by atoms with Gasteiger partial charge in [0, 0.05) is 0 Å². The first-order chi connectivity index (χ1) is 6.79. The van der Waals surface area contributed by atoms with Crippen molar-refractivity contribution < 1.29 is 0 Å². The van der Waals surface area contributed by atoms with Crippen molar-refractivity contribution in [3.8, 4) is 0 Å². The van der Waals surface area contributed by atoms with Gasteiger partial charge in [0.25, 0.3) is 0 Å². The molecule has 74 valence electrons. The quantitative estimate of drug-likeness (QED) is 0.648. The Morgan fingerprint density at radius 3 is 2.71 bits per heavy atom. The first-order valence-electron chi connectivity index (χ1n) is 5.18. The summed E-state index contributed by atoms with van der Waals surface area (Å²) in [6.07, 6.45) is 6.56. The van der Waals surface area contributed by atoms with E-state index in [-0.39, 0.29) is 0 Å². The summed E-state index contributed by atoms with van der Waals surface area (Å²) in [5.41, 5.74) is 3.87. The second-order valence-electron chi connectivity index (χ2n) is 3.47. The highest BCUT2D eigenvalue weighted by molar-refractivity contribution is 5.72. The first-order valence-corrected chi connectivity index (χ1v) is 5.18. The van der Waals surface area contributed by atoms with Crippen molar-refractivity contribution in [2.45, 2.75) is 26.7 Å². The lowest BCUT2D eigenvalue weighted by atomic mass is 10.00. The summed E-state index contributed by atoms with van der Waals surface area (Å²) < 4.78 is 0. The van der Waals surface area contributed by atoms with Gasteiger partial charge in [-0.2, -0.15) is 0 Å². The highest BCUT2D eigenvalue weighted by Crippen LogP contribution is 2.20. The topological polar surface area (TPSA) is 0 Å². The predicted octanol–water partition coefficient (Wildman–Crippen LogP) is 4.53. The molecule has 0 heterocycles. The number of rotatable bonds is 4. The van der Waals surface area contributed by atoms with Crippen molar-refractivity contribution in [2.24, 2.45) is 0 Å². The molecule has 0 aliphatic heterocycles. The van der Waals surface area contributed by atoms with Crippen LogP contribution < -0.4 is 0 Å². The molecule has 1 rings (SSSR count). The summed E-state index contributed by atoms with van der Waals surface area (Å²) in [6, 6.07) is 8.38. The van der Waals surface area contributed by atoms with Crippen LogP contribution in [0.15, 0.2) is 36.9 Å². The van der Waals surface area contributed by atoms with Crippen molar-refractivity contribution in [1.29, 1.82) is 0 Å². The summed E-state index contributed by atoms with van der Waals surface area (Å²) in [5, 5.41) is 0. The fraction of sp³-hybridized carbons (Fsp3) is 0.286. The Balaban J connectivity index is 2.99. The largest absolute Gasteiger partial charge is 0.0984 e. The lowest BCUT2D eigenvalue weighted by Crippen LogP contribution is -1.84. The Labute approximate surface area is 87.0 Å². The van der Waals surface area contributed by atoms with Crippen LogP contribution in [0.3, 0.4) is 0 Å². The maximum atomic E-state index is 3.83. The average molecular weight is 186 g/mol. The molecular weight excluding hydrogens is 168 g/mol. The van der Waals surface area contributed by atoms with Gasteiger partial charge in [0.1, 0.15) is 0 Å². The summed E-state index contributed by atoms with van der Waals surface area (Å²) in [4.78, 5) is 0. The monoisotopic (exact) mass is 186 g/mol. The van der Waals surface area contributed by atoms with E-state index in [0.29, 0.717) is 0 Å². The van der Waals surface area contributed by atoms with Crippen LogP contribution in [-0.4, -0.2) is 0 Å². The maximum absolute atomic E-state index is 3.83. The molecule has 0 fully saturated rings. The van der Waals surface area contributed by atoms with E-state index in [4.69, 9.17) is 0 Å². The Hall–Kier alpha value is -1.30. The van der Waals surface area contributed by atoms with Crippen LogP contribution in [0.5, 0.6) is 0 Å². The van der Waals surface area contributed by atoms with Crippen LogP contribution in [0.2, 0.25) is 0 Å². The molecule has 0 aromatic heterocycles. The zero-order chi connectivity index (χ0) is 10.4. The third kappa shape index (κ3) is 2.59. The molecule has 0 unspecified atom stereocenters. The lowest BCUT2D eigenvalue weighted by Gasteiger charge is -2.05. The molecule has 0 spiro atoms. The molecular formula is C14H18. The van der Waals surface area contributed by atoms with E-state index in [1.807, 2.05) is 12.1 Å². The minimum Gasteiger partial charge on any atom is -0.0984 e. The van der Waals surface area contributed by atoms with Gasteiger partial charge >= 0.3 is 0 Å². The fourth-order valence-corrected chi connectivity index (χ4v) is 1.50. The Morgan fingerprint density at radius 1 is 1.36 bits per heavy atom. The van der Waals surface area contributed by atoms with Gasteiger partial charge in [0.15, 0.2) is 0 Å². The number of benzene rings is 1. The van der Waals surface area contributed by atoms with E-state index in [1.54, 1.807) is 0 Å². The molecule has 0 amide bonds. The Bertz CT molecular complexity index is 332. The summed E-state index contributed by atoms with van der Waals surface area (Å²) in [5.74, 6) is 0. The van der Waals surface area contributed by atoms with Gasteiger partial charge in [-0.3, -0.25) is 0 Å². The molecule has 0 aliphatic carbocycles. The number of unbranched alkanes of at least 4 members (excludes halogenated alkanes) is 1. The highest BCUT2D eigenvalue weighted by atomic mass is 14.0. The molecule has 1 aromatic carbocycles. The highest BCUT2D eigenvalue weighted by Gasteiger charge is 1.98. The van der Waals surface area contributed by atoms with E-state index >= 15 is 0 Å². The van der Waals surface area contributed by atoms with E-state index in [9.17, 15) is 0 Å². The van der Waals surface area contributed by atoms with E-state index in [2.05, 4.69) is 44.7 Å². The van der Waals surface area contributed by atoms with Crippen molar-refractivity contribution in [1.82, 2.24) is 0 Å². The van der Waals surface area contributed by atoms with Crippen LogP contribution in [0, 0.1) is 0 Å². The minimum atomic E-state index is 1.15. The zero-order valence-corrected chi connectivity index (χ0v) is 9.09. The molecule has 1 aromatic rings. The van der Waals surface area contributed by atoms with Gasteiger partial charge in [-0.05, 0) is 30.0 Å². The van der Waals surface area contributed by atoms with E-state index < -0.39 is 0 Å². The average Bonchev–Trinajstić information content (AvgIpc) is 2.25. The zero-order valence-electron chi connectivity index (χ0n) is 9.09. The fourth-order valence-electron chi connectivity index (χ4n) is 1.50. The predicted molar refractivity (Wildman–Crippen MR) is 65.1 cm³/mol. The minimum absolute atomic E-state index is 1.15. The number of allylic oxidation sites excluding steroid dienone is 2. The van der Waals surface area contributed by atoms with Crippen LogP contribution in [0.4, 0.5) is 0 Å². The van der Waals surface area contributed by atoms with Crippen LogP contribution in [-0.2, 0) is 0 Å². The summed E-state index contributed by atoms with van der Waals surface area (Å²) >= 11 is 0. The molecule has 14 heavy (non-hydrogen) atoms. The van der Waals surface area contributed by atoms with Crippen LogP contribution in [0.25, 0.3) is 11.6 Å². The van der Waals surface area contributed by atoms with E-state index in [1.165, 1.54) is 23.1 Å². The second kappa shape index (κ2) is 5.43. The number of hydrogen-bond acceptors (Lipinski definition) is 0.